The molecule has 0 fully saturated rings. The predicted molar refractivity (Wildman–Crippen MR) is 65.4 cm³/mol. The minimum absolute atomic E-state index is 0.608. The molecule has 1 aromatic carbocycles. The van der Waals surface area contributed by atoms with E-state index < -0.39 is 0 Å². The Bertz CT molecular complexity index is 304. The van der Waals surface area contributed by atoms with Crippen LogP contribution in [0.5, 0.6) is 0 Å². The first-order chi connectivity index (χ1) is 7.11. The van der Waals surface area contributed by atoms with E-state index >= 15 is 0 Å². The standard InChI is InChI=1S/C13H20N2/c1-11(2)9-10-15(3)13(14)12-7-5-4-6-8-12/h4-8,11,14H,9-10H2,1-3H3. The summed E-state index contributed by atoms with van der Waals surface area (Å²) in [6.45, 7) is 5.37. The molecule has 0 aromatic heterocycles. The molecule has 15 heavy (non-hydrogen) atoms. The van der Waals surface area contributed by atoms with Crippen molar-refractivity contribution in [2.45, 2.75) is 20.3 Å². The molecule has 0 atom stereocenters. The van der Waals surface area contributed by atoms with Crippen LogP contribution in [0.3, 0.4) is 0 Å². The van der Waals surface area contributed by atoms with Gasteiger partial charge in [-0.3, -0.25) is 5.41 Å². The Balaban J connectivity index is 2.54. The van der Waals surface area contributed by atoms with Gasteiger partial charge in [0.15, 0.2) is 0 Å². The first-order valence-electron chi connectivity index (χ1n) is 5.46. The summed E-state index contributed by atoms with van der Waals surface area (Å²) in [5, 5.41) is 8.01. The topological polar surface area (TPSA) is 27.1 Å². The number of amidine groups is 1. The molecule has 1 N–H and O–H groups in total. The van der Waals surface area contributed by atoms with Crippen molar-refractivity contribution >= 4 is 5.84 Å². The fraction of sp³-hybridized carbons (Fsp3) is 0.462. The Kier molecular flexibility index (Phi) is 4.35. The second-order valence-electron chi connectivity index (χ2n) is 4.32. The summed E-state index contributed by atoms with van der Waals surface area (Å²) in [7, 11) is 1.98. The number of nitrogens with zero attached hydrogens (tertiary/aromatic N) is 1. The Labute approximate surface area is 92.4 Å². The number of hydrogen-bond acceptors (Lipinski definition) is 1. The lowest BCUT2D eigenvalue weighted by Crippen LogP contribution is -2.28. The van der Waals surface area contributed by atoms with Crippen LogP contribution in [0.15, 0.2) is 30.3 Å². The minimum atomic E-state index is 0.608. The summed E-state index contributed by atoms with van der Waals surface area (Å²) >= 11 is 0. The molecule has 0 radical (unpaired) electrons. The SMILES string of the molecule is CC(C)CCN(C)C(=N)c1ccccc1. The molecular formula is C13H20N2. The summed E-state index contributed by atoms with van der Waals surface area (Å²) in [5.74, 6) is 1.30. The van der Waals surface area contributed by atoms with Crippen LogP contribution in [0.2, 0.25) is 0 Å². The number of rotatable bonds is 4. The molecule has 82 valence electrons. The van der Waals surface area contributed by atoms with Crippen LogP contribution in [-0.4, -0.2) is 24.3 Å². The van der Waals surface area contributed by atoms with E-state index in [4.69, 9.17) is 5.41 Å². The summed E-state index contributed by atoms with van der Waals surface area (Å²) in [6, 6.07) is 9.88. The summed E-state index contributed by atoms with van der Waals surface area (Å²) in [5.41, 5.74) is 0.990. The highest BCUT2D eigenvalue weighted by atomic mass is 15.1. The molecule has 0 amide bonds. The normalized spacial score (nSPS) is 10.4. The van der Waals surface area contributed by atoms with Crippen molar-refractivity contribution in [3.8, 4) is 0 Å². The van der Waals surface area contributed by atoms with Crippen LogP contribution >= 0.6 is 0 Å². The molecule has 0 heterocycles. The highest BCUT2D eigenvalue weighted by Gasteiger charge is 2.06. The number of benzene rings is 1. The molecule has 0 saturated heterocycles. The second kappa shape index (κ2) is 5.54. The van der Waals surface area contributed by atoms with E-state index in [1.807, 2.05) is 42.3 Å². The van der Waals surface area contributed by atoms with Gasteiger partial charge in [-0.15, -0.1) is 0 Å². The van der Waals surface area contributed by atoms with Crippen molar-refractivity contribution in [3.05, 3.63) is 35.9 Å². The lowest BCUT2D eigenvalue weighted by Gasteiger charge is -2.21. The van der Waals surface area contributed by atoms with E-state index in [0.29, 0.717) is 11.8 Å². The van der Waals surface area contributed by atoms with Crippen molar-refractivity contribution in [2.75, 3.05) is 13.6 Å². The second-order valence-corrected chi connectivity index (χ2v) is 4.32. The van der Waals surface area contributed by atoms with Crippen molar-refractivity contribution in [2.24, 2.45) is 5.92 Å². The van der Waals surface area contributed by atoms with E-state index in [9.17, 15) is 0 Å². The molecule has 1 rings (SSSR count). The maximum Gasteiger partial charge on any atom is 0.127 e. The quantitative estimate of drug-likeness (QED) is 0.592. The van der Waals surface area contributed by atoms with Gasteiger partial charge in [0.05, 0.1) is 0 Å². The van der Waals surface area contributed by atoms with Crippen molar-refractivity contribution < 1.29 is 0 Å². The van der Waals surface area contributed by atoms with Crippen molar-refractivity contribution in [3.63, 3.8) is 0 Å². The summed E-state index contributed by atoms with van der Waals surface area (Å²) in [4.78, 5) is 2.01. The first-order valence-corrected chi connectivity index (χ1v) is 5.46. The zero-order valence-corrected chi connectivity index (χ0v) is 9.83. The van der Waals surface area contributed by atoms with Gasteiger partial charge in [-0.2, -0.15) is 0 Å². The summed E-state index contributed by atoms with van der Waals surface area (Å²) < 4.78 is 0. The first kappa shape index (κ1) is 11.8. The Morgan fingerprint density at radius 2 is 1.87 bits per heavy atom. The van der Waals surface area contributed by atoms with Gasteiger partial charge < -0.3 is 4.90 Å². The predicted octanol–water partition coefficient (Wildman–Crippen LogP) is 2.99. The molecule has 1 aromatic rings. The van der Waals surface area contributed by atoms with Crippen LogP contribution in [0.25, 0.3) is 0 Å². The van der Waals surface area contributed by atoms with Gasteiger partial charge in [-0.25, -0.2) is 0 Å². The molecular weight excluding hydrogens is 184 g/mol. The number of hydrogen-bond donors (Lipinski definition) is 1. The summed E-state index contributed by atoms with van der Waals surface area (Å²) in [6.07, 6.45) is 1.13. The van der Waals surface area contributed by atoms with Gasteiger partial charge in [0.25, 0.3) is 0 Å². The molecule has 0 aliphatic rings. The molecule has 0 aliphatic heterocycles. The highest BCUT2D eigenvalue weighted by molar-refractivity contribution is 5.96. The fourth-order valence-corrected chi connectivity index (χ4v) is 1.38. The Morgan fingerprint density at radius 3 is 2.40 bits per heavy atom. The van der Waals surface area contributed by atoms with E-state index in [0.717, 1.165) is 18.5 Å². The number of nitrogens with one attached hydrogen (secondary N) is 1. The van der Waals surface area contributed by atoms with Gasteiger partial charge in [-0.05, 0) is 12.3 Å². The Hall–Kier alpha value is -1.31. The third-order valence-corrected chi connectivity index (χ3v) is 2.47. The zero-order chi connectivity index (χ0) is 11.3. The van der Waals surface area contributed by atoms with Crippen LogP contribution in [0.1, 0.15) is 25.8 Å². The molecule has 0 bridgehead atoms. The van der Waals surface area contributed by atoms with Crippen molar-refractivity contribution in [1.82, 2.24) is 4.90 Å². The molecule has 2 nitrogen and oxygen atoms in total. The van der Waals surface area contributed by atoms with Gasteiger partial charge in [0.2, 0.25) is 0 Å². The third-order valence-electron chi connectivity index (χ3n) is 2.47. The maximum atomic E-state index is 8.01. The maximum absolute atomic E-state index is 8.01. The van der Waals surface area contributed by atoms with Gasteiger partial charge >= 0.3 is 0 Å². The van der Waals surface area contributed by atoms with Crippen LogP contribution < -0.4 is 0 Å². The van der Waals surface area contributed by atoms with E-state index in [1.165, 1.54) is 0 Å². The van der Waals surface area contributed by atoms with Gasteiger partial charge in [-0.1, -0.05) is 44.2 Å². The van der Waals surface area contributed by atoms with E-state index in [2.05, 4.69) is 13.8 Å². The van der Waals surface area contributed by atoms with E-state index in [-0.39, 0.29) is 0 Å². The van der Waals surface area contributed by atoms with Crippen LogP contribution in [0.4, 0.5) is 0 Å². The largest absolute Gasteiger partial charge is 0.360 e. The third kappa shape index (κ3) is 3.74. The molecule has 0 aliphatic carbocycles. The molecule has 0 unspecified atom stereocenters. The Morgan fingerprint density at radius 1 is 1.27 bits per heavy atom. The average molecular weight is 204 g/mol. The van der Waals surface area contributed by atoms with Crippen LogP contribution in [0, 0.1) is 11.3 Å². The zero-order valence-electron chi connectivity index (χ0n) is 9.83. The van der Waals surface area contributed by atoms with Gasteiger partial charge in [0, 0.05) is 19.2 Å². The average Bonchev–Trinajstić information content (AvgIpc) is 2.26. The highest BCUT2D eigenvalue weighted by Crippen LogP contribution is 2.06. The van der Waals surface area contributed by atoms with Crippen molar-refractivity contribution in [1.29, 1.82) is 5.41 Å². The van der Waals surface area contributed by atoms with E-state index in [1.54, 1.807) is 0 Å². The fourth-order valence-electron chi connectivity index (χ4n) is 1.38. The smallest absolute Gasteiger partial charge is 0.127 e. The monoisotopic (exact) mass is 204 g/mol. The van der Waals surface area contributed by atoms with Gasteiger partial charge in [0.1, 0.15) is 5.84 Å². The molecule has 0 saturated carbocycles. The molecule has 0 spiro atoms. The lowest BCUT2D eigenvalue weighted by atomic mass is 10.1. The lowest BCUT2D eigenvalue weighted by molar-refractivity contribution is 0.436. The molecule has 2 heteroatoms. The van der Waals surface area contributed by atoms with Crippen LogP contribution in [-0.2, 0) is 0 Å². The minimum Gasteiger partial charge on any atom is -0.360 e.